The zero-order chi connectivity index (χ0) is 16.3. The molecule has 0 aliphatic carbocycles. The Hall–Kier alpha value is -2.59. The molecule has 0 saturated heterocycles. The Kier molecular flexibility index (Phi) is 4.63. The van der Waals surface area contributed by atoms with E-state index in [1.165, 1.54) is 7.11 Å². The fourth-order valence-corrected chi connectivity index (χ4v) is 2.22. The molecule has 1 atom stereocenters. The van der Waals surface area contributed by atoms with E-state index in [1.54, 1.807) is 24.2 Å². The van der Waals surface area contributed by atoms with Gasteiger partial charge in [0.1, 0.15) is 17.5 Å². The molecule has 0 bridgehead atoms. The molecule has 0 spiro atoms. The summed E-state index contributed by atoms with van der Waals surface area (Å²) in [6, 6.07) is 5.61. The molecular weight excluding hydrogens is 304 g/mol. The second kappa shape index (κ2) is 6.45. The van der Waals surface area contributed by atoms with E-state index in [-0.39, 0.29) is 22.8 Å². The lowest BCUT2D eigenvalue weighted by Gasteiger charge is -2.27. The Labute approximate surface area is 133 Å². The second-order valence-corrected chi connectivity index (χ2v) is 4.93. The molecule has 2 aromatic rings. The molecule has 2 rings (SSSR count). The van der Waals surface area contributed by atoms with Crippen LogP contribution in [0.1, 0.15) is 24.1 Å². The maximum Gasteiger partial charge on any atom is 0.319 e. The van der Waals surface area contributed by atoms with E-state index in [0.717, 1.165) is 5.56 Å². The fraction of sp³-hybridized carbons (Fsp3) is 0.286. The lowest BCUT2D eigenvalue weighted by molar-refractivity contribution is 0.379. The van der Waals surface area contributed by atoms with Crippen molar-refractivity contribution in [2.75, 3.05) is 24.8 Å². The Morgan fingerprint density at radius 2 is 2.18 bits per heavy atom. The van der Waals surface area contributed by atoms with E-state index in [2.05, 4.69) is 15.0 Å². The lowest BCUT2D eigenvalue weighted by atomic mass is 10.1. The maximum atomic E-state index is 9.30. The molecule has 0 fully saturated rings. The molecule has 0 aliphatic rings. The van der Waals surface area contributed by atoms with Crippen LogP contribution in [0.3, 0.4) is 0 Å². The maximum absolute atomic E-state index is 9.30. The van der Waals surface area contributed by atoms with Crippen LogP contribution in [0.4, 0.5) is 11.6 Å². The van der Waals surface area contributed by atoms with Crippen LogP contribution in [0.15, 0.2) is 18.3 Å². The van der Waals surface area contributed by atoms with Crippen molar-refractivity contribution in [3.63, 3.8) is 0 Å². The van der Waals surface area contributed by atoms with Crippen LogP contribution in [0.2, 0.25) is 5.15 Å². The molecule has 0 amide bonds. The third-order valence-electron chi connectivity index (χ3n) is 3.36. The molecule has 0 aromatic carbocycles. The summed E-state index contributed by atoms with van der Waals surface area (Å²) in [6.07, 6.45) is 1.62. The van der Waals surface area contributed by atoms with E-state index in [0.29, 0.717) is 11.6 Å². The molecule has 0 saturated carbocycles. The number of methoxy groups -OCH3 is 1. The van der Waals surface area contributed by atoms with E-state index < -0.39 is 0 Å². The Bertz CT molecular complexity index is 730. The van der Waals surface area contributed by atoms with Gasteiger partial charge in [-0.25, -0.2) is 4.98 Å². The van der Waals surface area contributed by atoms with E-state index in [1.807, 2.05) is 19.1 Å². The largest absolute Gasteiger partial charge is 0.467 e. The minimum absolute atomic E-state index is 0.0440. The van der Waals surface area contributed by atoms with Crippen LogP contribution in [-0.2, 0) is 0 Å². The Morgan fingerprint density at radius 3 is 2.77 bits per heavy atom. The minimum atomic E-state index is -0.170. The van der Waals surface area contributed by atoms with Gasteiger partial charge in [0, 0.05) is 18.8 Å². The lowest BCUT2D eigenvalue weighted by Crippen LogP contribution is -2.25. The smallest absolute Gasteiger partial charge is 0.319 e. The van der Waals surface area contributed by atoms with Gasteiger partial charge in [-0.3, -0.25) is 0 Å². The number of nitrogens with zero attached hydrogens (tertiary/aromatic N) is 5. The number of hydrogen-bond acceptors (Lipinski definition) is 7. The van der Waals surface area contributed by atoms with Crippen molar-refractivity contribution in [1.82, 2.24) is 15.0 Å². The Morgan fingerprint density at radius 1 is 1.45 bits per heavy atom. The summed E-state index contributed by atoms with van der Waals surface area (Å²) in [5.74, 6) is 0.794. The molecule has 0 radical (unpaired) electrons. The minimum Gasteiger partial charge on any atom is -0.467 e. The van der Waals surface area contributed by atoms with Crippen LogP contribution in [0, 0.1) is 11.3 Å². The highest BCUT2D eigenvalue weighted by Crippen LogP contribution is 2.32. The van der Waals surface area contributed by atoms with Crippen molar-refractivity contribution in [2.45, 2.75) is 13.0 Å². The normalized spacial score (nSPS) is 11.6. The van der Waals surface area contributed by atoms with E-state index in [9.17, 15) is 5.26 Å². The first-order valence-corrected chi connectivity index (χ1v) is 6.82. The number of nitrogen functional groups attached to an aromatic ring is 1. The first-order chi connectivity index (χ1) is 10.5. The first kappa shape index (κ1) is 15.8. The van der Waals surface area contributed by atoms with Crippen LogP contribution < -0.4 is 15.4 Å². The van der Waals surface area contributed by atoms with Gasteiger partial charge in [0.15, 0.2) is 11.0 Å². The standard InChI is InChI=1S/C14H15ClN6O/c1-8(9-5-4-6-18-12(9)17)21(2)13-10(7-16)11(15)19-14(20-13)22-3/h4-6,8H,1-3H3,(H2,17,18)/t8-/m1/s1. The zero-order valence-electron chi connectivity index (χ0n) is 12.4. The van der Waals surface area contributed by atoms with E-state index >= 15 is 0 Å². The van der Waals surface area contributed by atoms with Crippen molar-refractivity contribution in [2.24, 2.45) is 0 Å². The van der Waals surface area contributed by atoms with Crippen LogP contribution >= 0.6 is 11.6 Å². The summed E-state index contributed by atoms with van der Waals surface area (Å²) in [5, 5.41) is 9.34. The summed E-state index contributed by atoms with van der Waals surface area (Å²) in [7, 11) is 3.22. The van der Waals surface area contributed by atoms with Crippen LogP contribution in [-0.4, -0.2) is 29.1 Å². The summed E-state index contributed by atoms with van der Waals surface area (Å²) < 4.78 is 5.01. The van der Waals surface area contributed by atoms with Crippen molar-refractivity contribution in [1.29, 1.82) is 5.26 Å². The molecule has 22 heavy (non-hydrogen) atoms. The van der Waals surface area contributed by atoms with E-state index in [4.69, 9.17) is 22.1 Å². The highest BCUT2D eigenvalue weighted by molar-refractivity contribution is 6.30. The first-order valence-electron chi connectivity index (χ1n) is 6.44. The summed E-state index contributed by atoms with van der Waals surface area (Å²) in [5.41, 5.74) is 6.91. The average Bonchev–Trinajstić information content (AvgIpc) is 2.53. The molecule has 114 valence electrons. The highest BCUT2D eigenvalue weighted by Gasteiger charge is 2.22. The summed E-state index contributed by atoms with van der Waals surface area (Å²) in [6.45, 7) is 1.93. The Balaban J connectivity index is 2.49. The van der Waals surface area contributed by atoms with Crippen LogP contribution in [0.25, 0.3) is 0 Å². The monoisotopic (exact) mass is 318 g/mol. The number of aromatic nitrogens is 3. The molecule has 0 aliphatic heterocycles. The third kappa shape index (κ3) is 2.87. The molecule has 2 heterocycles. The number of nitriles is 1. The predicted octanol–water partition coefficient (Wildman–Crippen LogP) is 2.18. The SMILES string of the molecule is COc1nc(Cl)c(C#N)c(N(C)[C@H](C)c2cccnc2N)n1. The molecule has 0 unspecified atom stereocenters. The molecule has 8 heteroatoms. The molecule has 2 aromatic heterocycles. The predicted molar refractivity (Wildman–Crippen MR) is 83.8 cm³/mol. The van der Waals surface area contributed by atoms with Gasteiger partial charge in [-0.05, 0) is 13.0 Å². The van der Waals surface area contributed by atoms with Crippen LogP contribution in [0.5, 0.6) is 6.01 Å². The van der Waals surface area contributed by atoms with Gasteiger partial charge in [-0.1, -0.05) is 17.7 Å². The topological polar surface area (TPSA) is 101 Å². The van der Waals surface area contributed by atoms with Crippen molar-refractivity contribution in [3.05, 3.63) is 34.6 Å². The van der Waals surface area contributed by atoms with Gasteiger partial charge < -0.3 is 15.4 Å². The van der Waals surface area contributed by atoms with Gasteiger partial charge in [-0.2, -0.15) is 15.2 Å². The third-order valence-corrected chi connectivity index (χ3v) is 3.63. The quantitative estimate of drug-likeness (QED) is 0.862. The number of nitrogens with two attached hydrogens (primary N) is 1. The zero-order valence-corrected chi connectivity index (χ0v) is 13.2. The van der Waals surface area contributed by atoms with Gasteiger partial charge >= 0.3 is 6.01 Å². The number of ether oxygens (including phenoxy) is 1. The highest BCUT2D eigenvalue weighted by atomic mass is 35.5. The van der Waals surface area contributed by atoms with Gasteiger partial charge in [0.05, 0.1) is 13.2 Å². The molecular formula is C14H15ClN6O. The number of pyridine rings is 1. The molecule has 2 N–H and O–H groups in total. The van der Waals surface area contributed by atoms with Crippen molar-refractivity contribution in [3.8, 4) is 12.1 Å². The summed E-state index contributed by atoms with van der Waals surface area (Å²) in [4.78, 5) is 14.0. The number of anilines is 2. The molecule has 7 nitrogen and oxygen atoms in total. The fourth-order valence-electron chi connectivity index (χ4n) is 2.02. The summed E-state index contributed by atoms with van der Waals surface area (Å²) >= 11 is 6.02. The van der Waals surface area contributed by atoms with Gasteiger partial charge in [-0.15, -0.1) is 0 Å². The number of hydrogen-bond donors (Lipinski definition) is 1. The van der Waals surface area contributed by atoms with Crippen molar-refractivity contribution < 1.29 is 4.74 Å². The van der Waals surface area contributed by atoms with Gasteiger partial charge in [0.25, 0.3) is 0 Å². The van der Waals surface area contributed by atoms with Gasteiger partial charge in [0.2, 0.25) is 0 Å². The average molecular weight is 319 g/mol. The number of rotatable bonds is 4. The van der Waals surface area contributed by atoms with Crippen molar-refractivity contribution >= 4 is 23.2 Å². The second-order valence-electron chi connectivity index (χ2n) is 4.58. The number of halogens is 1.